The molecule has 0 spiro atoms. The molecule has 0 radical (unpaired) electrons. The largest absolute Gasteiger partial charge is 0.375 e. The van der Waals surface area contributed by atoms with E-state index in [0.29, 0.717) is 12.1 Å². The molecule has 0 saturated carbocycles. The molecule has 16 heavy (non-hydrogen) atoms. The first-order valence-electron chi connectivity index (χ1n) is 6.60. The lowest BCUT2D eigenvalue weighted by molar-refractivity contribution is -0.0877. The van der Waals surface area contributed by atoms with E-state index in [0.717, 1.165) is 12.6 Å². The maximum Gasteiger partial charge on any atom is 0.0641 e. The molecule has 0 aromatic heterocycles. The van der Waals surface area contributed by atoms with Crippen LogP contribution >= 0.6 is 0 Å². The van der Waals surface area contributed by atoms with Gasteiger partial charge >= 0.3 is 0 Å². The summed E-state index contributed by atoms with van der Waals surface area (Å²) in [6.07, 6.45) is 2.37. The summed E-state index contributed by atoms with van der Waals surface area (Å²) in [5, 5.41) is 3.60. The van der Waals surface area contributed by atoms with Crippen molar-refractivity contribution in [2.24, 2.45) is 0 Å². The van der Waals surface area contributed by atoms with E-state index >= 15 is 0 Å². The molecule has 2 aliphatic rings. The Hall–Kier alpha value is -0.120. The predicted octanol–water partition coefficient (Wildman–Crippen LogP) is 1.63. The van der Waals surface area contributed by atoms with Gasteiger partial charge in [-0.2, -0.15) is 0 Å². The minimum Gasteiger partial charge on any atom is -0.375 e. The van der Waals surface area contributed by atoms with E-state index in [1.165, 1.54) is 25.9 Å². The fourth-order valence-electron chi connectivity index (χ4n) is 3.18. The minimum absolute atomic E-state index is 0.0697. The number of piperazine rings is 1. The molecule has 3 heteroatoms. The van der Waals surface area contributed by atoms with Crippen LogP contribution in [0.1, 0.15) is 40.5 Å². The Balaban J connectivity index is 1.96. The van der Waals surface area contributed by atoms with E-state index in [4.69, 9.17) is 4.74 Å². The van der Waals surface area contributed by atoms with E-state index in [1.807, 2.05) is 0 Å². The third-order valence-corrected chi connectivity index (χ3v) is 3.77. The van der Waals surface area contributed by atoms with Crippen LogP contribution in [0.3, 0.4) is 0 Å². The summed E-state index contributed by atoms with van der Waals surface area (Å²) in [7, 11) is 0. The first-order valence-corrected chi connectivity index (χ1v) is 6.60. The number of hydrogen-bond donors (Lipinski definition) is 1. The van der Waals surface area contributed by atoms with Crippen LogP contribution in [0.15, 0.2) is 0 Å². The lowest BCUT2D eigenvalue weighted by Gasteiger charge is -2.45. The third kappa shape index (κ3) is 2.96. The van der Waals surface area contributed by atoms with Crippen molar-refractivity contribution in [1.29, 1.82) is 0 Å². The lowest BCUT2D eigenvalue weighted by Crippen LogP contribution is -2.59. The smallest absolute Gasteiger partial charge is 0.0641 e. The first-order chi connectivity index (χ1) is 7.46. The topological polar surface area (TPSA) is 24.5 Å². The average Bonchev–Trinajstić information content (AvgIpc) is 2.14. The normalized spacial score (nSPS) is 40.9. The summed E-state index contributed by atoms with van der Waals surface area (Å²) in [5.41, 5.74) is 0.0697. The Kier molecular flexibility index (Phi) is 3.57. The molecule has 0 aromatic rings. The molecule has 94 valence electrons. The van der Waals surface area contributed by atoms with Gasteiger partial charge in [-0.1, -0.05) is 0 Å². The van der Waals surface area contributed by atoms with Crippen molar-refractivity contribution < 1.29 is 4.74 Å². The van der Waals surface area contributed by atoms with Gasteiger partial charge in [-0.05, 0) is 40.5 Å². The fourth-order valence-corrected chi connectivity index (χ4v) is 3.18. The van der Waals surface area contributed by atoms with Gasteiger partial charge in [-0.3, -0.25) is 4.90 Å². The number of ether oxygens (including phenoxy) is 1. The van der Waals surface area contributed by atoms with E-state index in [-0.39, 0.29) is 5.60 Å². The maximum atomic E-state index is 5.80. The third-order valence-electron chi connectivity index (χ3n) is 3.77. The van der Waals surface area contributed by atoms with Gasteiger partial charge in [0.15, 0.2) is 0 Å². The highest BCUT2D eigenvalue weighted by atomic mass is 16.5. The van der Waals surface area contributed by atoms with Crippen LogP contribution in [0, 0.1) is 0 Å². The number of nitrogens with one attached hydrogen (secondary N) is 1. The molecule has 2 rings (SSSR count). The van der Waals surface area contributed by atoms with Crippen LogP contribution in [-0.2, 0) is 4.74 Å². The molecule has 3 atom stereocenters. The molecule has 0 amide bonds. The zero-order chi connectivity index (χ0) is 11.8. The van der Waals surface area contributed by atoms with Crippen molar-refractivity contribution in [1.82, 2.24) is 10.2 Å². The molecular formula is C13H26N2O. The molecule has 0 aromatic carbocycles. The molecule has 3 unspecified atom stereocenters. The monoisotopic (exact) mass is 226 g/mol. The molecule has 2 aliphatic heterocycles. The van der Waals surface area contributed by atoms with Crippen molar-refractivity contribution in [3.05, 3.63) is 0 Å². The van der Waals surface area contributed by atoms with Crippen LogP contribution in [0.2, 0.25) is 0 Å². The van der Waals surface area contributed by atoms with Crippen LogP contribution in [0.4, 0.5) is 0 Å². The second-order valence-electron chi connectivity index (χ2n) is 6.18. The molecule has 2 fully saturated rings. The maximum absolute atomic E-state index is 5.80. The molecule has 2 saturated heterocycles. The van der Waals surface area contributed by atoms with E-state index < -0.39 is 0 Å². The predicted molar refractivity (Wildman–Crippen MR) is 66.7 cm³/mol. The first kappa shape index (κ1) is 12.3. The summed E-state index contributed by atoms with van der Waals surface area (Å²) < 4.78 is 5.80. The van der Waals surface area contributed by atoms with Gasteiger partial charge in [0.1, 0.15) is 0 Å². The molecule has 3 nitrogen and oxygen atoms in total. The van der Waals surface area contributed by atoms with E-state index in [1.54, 1.807) is 0 Å². The zero-order valence-electron chi connectivity index (χ0n) is 11.1. The van der Waals surface area contributed by atoms with Crippen molar-refractivity contribution in [2.75, 3.05) is 19.7 Å². The fraction of sp³-hybridized carbons (Fsp3) is 1.00. The number of nitrogens with zero attached hydrogens (tertiary/aromatic N) is 1. The highest BCUT2D eigenvalue weighted by molar-refractivity contribution is 4.90. The minimum atomic E-state index is 0.0697. The second kappa shape index (κ2) is 4.63. The Bertz CT molecular complexity index is 232. The summed E-state index contributed by atoms with van der Waals surface area (Å²) >= 11 is 0. The Morgan fingerprint density at radius 3 is 2.38 bits per heavy atom. The summed E-state index contributed by atoms with van der Waals surface area (Å²) in [5.74, 6) is 0. The number of hydrogen-bond acceptors (Lipinski definition) is 3. The lowest BCUT2D eigenvalue weighted by atomic mass is 9.91. The molecule has 0 aliphatic carbocycles. The molecule has 1 N–H and O–H groups in total. The van der Waals surface area contributed by atoms with Crippen molar-refractivity contribution in [3.63, 3.8) is 0 Å². The van der Waals surface area contributed by atoms with Gasteiger partial charge in [0, 0.05) is 37.8 Å². The van der Waals surface area contributed by atoms with Crippen LogP contribution in [-0.4, -0.2) is 48.3 Å². The van der Waals surface area contributed by atoms with Crippen LogP contribution in [0.5, 0.6) is 0 Å². The Labute approximate surface area is 99.5 Å². The second-order valence-corrected chi connectivity index (χ2v) is 6.18. The number of rotatable bonds is 1. The van der Waals surface area contributed by atoms with E-state index in [9.17, 15) is 0 Å². The van der Waals surface area contributed by atoms with Crippen molar-refractivity contribution in [3.8, 4) is 0 Å². The Morgan fingerprint density at radius 1 is 1.19 bits per heavy atom. The van der Waals surface area contributed by atoms with Gasteiger partial charge in [-0.25, -0.2) is 0 Å². The highest BCUT2D eigenvalue weighted by Gasteiger charge is 2.34. The van der Waals surface area contributed by atoms with Crippen LogP contribution in [0.25, 0.3) is 0 Å². The quantitative estimate of drug-likeness (QED) is 0.735. The average molecular weight is 226 g/mol. The van der Waals surface area contributed by atoms with Gasteiger partial charge < -0.3 is 10.1 Å². The summed E-state index contributed by atoms with van der Waals surface area (Å²) in [6.45, 7) is 12.3. The van der Waals surface area contributed by atoms with Crippen molar-refractivity contribution in [2.45, 2.75) is 64.3 Å². The Morgan fingerprint density at radius 2 is 1.81 bits per heavy atom. The summed E-state index contributed by atoms with van der Waals surface area (Å²) in [4.78, 5) is 2.66. The van der Waals surface area contributed by atoms with Crippen LogP contribution < -0.4 is 5.32 Å². The zero-order valence-corrected chi connectivity index (χ0v) is 11.1. The molecule has 0 bridgehead atoms. The van der Waals surface area contributed by atoms with Gasteiger partial charge in [-0.15, -0.1) is 0 Å². The highest BCUT2D eigenvalue weighted by Crippen LogP contribution is 2.28. The molecule has 2 heterocycles. The van der Waals surface area contributed by atoms with E-state index in [2.05, 4.69) is 37.9 Å². The SMILES string of the molecule is CC1CN(C2CCOC(C)(C)C2)CC(C)N1. The molecular weight excluding hydrogens is 200 g/mol. The summed E-state index contributed by atoms with van der Waals surface area (Å²) in [6, 6.07) is 1.96. The van der Waals surface area contributed by atoms with Gasteiger partial charge in [0.2, 0.25) is 0 Å². The van der Waals surface area contributed by atoms with Gasteiger partial charge in [0.05, 0.1) is 5.60 Å². The standard InChI is InChI=1S/C13H26N2O/c1-10-8-15(9-11(2)14-10)12-5-6-16-13(3,4)7-12/h10-12,14H,5-9H2,1-4H3. The van der Waals surface area contributed by atoms with Crippen molar-refractivity contribution >= 4 is 0 Å². The van der Waals surface area contributed by atoms with Gasteiger partial charge in [0.25, 0.3) is 0 Å².